The Labute approximate surface area is 115 Å². The van der Waals surface area contributed by atoms with E-state index in [0.717, 1.165) is 44.5 Å². The normalized spacial score (nSPS) is 15.8. The first-order valence-corrected chi connectivity index (χ1v) is 6.58. The largest absolute Gasteiger partial charge is 0.363 e. The average molecular weight is 259 g/mol. The van der Waals surface area contributed by atoms with Gasteiger partial charge in [-0.1, -0.05) is 5.92 Å². The number of piperazine rings is 1. The van der Waals surface area contributed by atoms with E-state index in [-0.39, 0.29) is 0 Å². The molecule has 0 radical (unpaired) electrons. The molecule has 5 nitrogen and oxygen atoms in total. The molecule has 5 heteroatoms. The zero-order valence-corrected chi connectivity index (χ0v) is 11.9. The van der Waals surface area contributed by atoms with Crippen LogP contribution in [0, 0.1) is 11.8 Å². The number of aromatic nitrogens is 2. The molecule has 1 aliphatic rings. The summed E-state index contributed by atoms with van der Waals surface area (Å²) >= 11 is 0. The summed E-state index contributed by atoms with van der Waals surface area (Å²) in [5.74, 6) is 7.83. The summed E-state index contributed by atoms with van der Waals surface area (Å²) in [6.07, 6.45) is 1.83. The standard InChI is InChI=1S/C14H21N5/c1-4-5-8-18-9-11-19(12-10-18)14-15-7-6-13(16-14)17(2)3/h6-7H,8-12H2,1-3H3. The molecule has 0 bridgehead atoms. The van der Waals surface area contributed by atoms with Crippen molar-refractivity contribution in [1.29, 1.82) is 0 Å². The van der Waals surface area contributed by atoms with Crippen LogP contribution in [0.1, 0.15) is 6.92 Å². The maximum atomic E-state index is 4.58. The third-order valence-electron chi connectivity index (χ3n) is 3.22. The molecule has 0 aliphatic carbocycles. The van der Waals surface area contributed by atoms with Crippen molar-refractivity contribution in [2.75, 3.05) is 56.6 Å². The number of hydrogen-bond donors (Lipinski definition) is 0. The third-order valence-corrected chi connectivity index (χ3v) is 3.22. The van der Waals surface area contributed by atoms with E-state index >= 15 is 0 Å². The molecule has 0 amide bonds. The molecule has 102 valence electrons. The number of anilines is 2. The van der Waals surface area contributed by atoms with Crippen LogP contribution in [0.4, 0.5) is 11.8 Å². The second kappa shape index (κ2) is 6.39. The van der Waals surface area contributed by atoms with Crippen molar-refractivity contribution in [2.24, 2.45) is 0 Å². The zero-order valence-electron chi connectivity index (χ0n) is 11.9. The van der Waals surface area contributed by atoms with Crippen LogP contribution >= 0.6 is 0 Å². The Morgan fingerprint density at radius 1 is 1.26 bits per heavy atom. The smallest absolute Gasteiger partial charge is 0.227 e. The molecule has 1 aromatic rings. The van der Waals surface area contributed by atoms with Gasteiger partial charge in [-0.2, -0.15) is 4.98 Å². The monoisotopic (exact) mass is 259 g/mol. The fourth-order valence-electron chi connectivity index (χ4n) is 2.04. The molecule has 1 aliphatic heterocycles. The summed E-state index contributed by atoms with van der Waals surface area (Å²) in [5, 5.41) is 0. The molecule has 0 aromatic carbocycles. The van der Waals surface area contributed by atoms with Crippen molar-refractivity contribution < 1.29 is 0 Å². The maximum Gasteiger partial charge on any atom is 0.227 e. The van der Waals surface area contributed by atoms with E-state index in [1.807, 2.05) is 38.2 Å². The van der Waals surface area contributed by atoms with Crippen LogP contribution in [0.2, 0.25) is 0 Å². The van der Waals surface area contributed by atoms with Crippen LogP contribution in [0.3, 0.4) is 0 Å². The van der Waals surface area contributed by atoms with Crippen molar-refractivity contribution in [2.45, 2.75) is 6.92 Å². The Hall–Kier alpha value is -1.80. The quantitative estimate of drug-likeness (QED) is 0.746. The minimum atomic E-state index is 0.826. The lowest BCUT2D eigenvalue weighted by Gasteiger charge is -2.33. The van der Waals surface area contributed by atoms with Gasteiger partial charge in [-0.3, -0.25) is 4.90 Å². The first-order chi connectivity index (χ1) is 9.20. The molecule has 0 unspecified atom stereocenters. The SMILES string of the molecule is CC#CCN1CCN(c2nccc(N(C)C)n2)CC1. The minimum Gasteiger partial charge on any atom is -0.363 e. The highest BCUT2D eigenvalue weighted by molar-refractivity contribution is 5.42. The van der Waals surface area contributed by atoms with Crippen molar-refractivity contribution in [3.05, 3.63) is 12.3 Å². The van der Waals surface area contributed by atoms with Crippen molar-refractivity contribution in [3.63, 3.8) is 0 Å². The third kappa shape index (κ3) is 3.58. The van der Waals surface area contributed by atoms with Crippen LogP contribution in [-0.4, -0.2) is 61.7 Å². The molecular weight excluding hydrogens is 238 g/mol. The average Bonchev–Trinajstić information content (AvgIpc) is 2.46. The predicted molar refractivity (Wildman–Crippen MR) is 78.5 cm³/mol. The van der Waals surface area contributed by atoms with E-state index in [9.17, 15) is 0 Å². The molecule has 2 rings (SSSR count). The Kier molecular flexibility index (Phi) is 4.58. The van der Waals surface area contributed by atoms with Gasteiger partial charge in [-0.05, 0) is 13.0 Å². The molecule has 0 spiro atoms. The molecule has 19 heavy (non-hydrogen) atoms. The lowest BCUT2D eigenvalue weighted by Crippen LogP contribution is -2.47. The first-order valence-electron chi connectivity index (χ1n) is 6.58. The number of rotatable bonds is 3. The van der Waals surface area contributed by atoms with Gasteiger partial charge < -0.3 is 9.80 Å². The van der Waals surface area contributed by atoms with Gasteiger partial charge in [-0.15, -0.1) is 5.92 Å². The van der Waals surface area contributed by atoms with Crippen molar-refractivity contribution in [3.8, 4) is 11.8 Å². The topological polar surface area (TPSA) is 35.5 Å². The lowest BCUT2D eigenvalue weighted by atomic mass is 10.3. The van der Waals surface area contributed by atoms with Gasteiger partial charge in [0.15, 0.2) is 0 Å². The summed E-state index contributed by atoms with van der Waals surface area (Å²) in [7, 11) is 3.99. The van der Waals surface area contributed by atoms with Gasteiger partial charge >= 0.3 is 0 Å². The molecule has 0 saturated carbocycles. The summed E-state index contributed by atoms with van der Waals surface area (Å²) in [5.41, 5.74) is 0. The highest BCUT2D eigenvalue weighted by Gasteiger charge is 2.18. The number of hydrogen-bond acceptors (Lipinski definition) is 5. The Balaban J connectivity index is 1.97. The van der Waals surface area contributed by atoms with Crippen LogP contribution in [-0.2, 0) is 0 Å². The summed E-state index contributed by atoms with van der Waals surface area (Å²) in [4.78, 5) is 15.6. The molecule has 1 aromatic heterocycles. The zero-order chi connectivity index (χ0) is 13.7. The van der Waals surface area contributed by atoms with E-state index in [0.29, 0.717) is 0 Å². The molecule has 1 fully saturated rings. The van der Waals surface area contributed by atoms with Gasteiger partial charge in [0.2, 0.25) is 5.95 Å². The van der Waals surface area contributed by atoms with Gasteiger partial charge in [0.1, 0.15) is 5.82 Å². The van der Waals surface area contributed by atoms with Crippen molar-refractivity contribution >= 4 is 11.8 Å². The summed E-state index contributed by atoms with van der Waals surface area (Å²) in [6.45, 7) is 6.71. The van der Waals surface area contributed by atoms with E-state index < -0.39 is 0 Å². The van der Waals surface area contributed by atoms with Gasteiger partial charge in [-0.25, -0.2) is 4.98 Å². The fourth-order valence-corrected chi connectivity index (χ4v) is 2.04. The van der Waals surface area contributed by atoms with Gasteiger partial charge in [0.05, 0.1) is 6.54 Å². The number of nitrogens with zero attached hydrogens (tertiary/aromatic N) is 5. The second-order valence-corrected chi connectivity index (χ2v) is 4.80. The van der Waals surface area contributed by atoms with Crippen LogP contribution in [0.15, 0.2) is 12.3 Å². The second-order valence-electron chi connectivity index (χ2n) is 4.80. The Bertz CT molecular complexity index is 466. The Morgan fingerprint density at radius 3 is 2.63 bits per heavy atom. The minimum absolute atomic E-state index is 0.826. The lowest BCUT2D eigenvalue weighted by molar-refractivity contribution is 0.286. The van der Waals surface area contributed by atoms with E-state index in [4.69, 9.17) is 0 Å². The van der Waals surface area contributed by atoms with Crippen LogP contribution in [0.5, 0.6) is 0 Å². The molecule has 2 heterocycles. The summed E-state index contributed by atoms with van der Waals surface area (Å²) in [6, 6.07) is 1.93. The molecule has 0 atom stereocenters. The van der Waals surface area contributed by atoms with E-state index in [1.54, 1.807) is 0 Å². The van der Waals surface area contributed by atoms with E-state index in [1.165, 1.54) is 0 Å². The Morgan fingerprint density at radius 2 is 2.00 bits per heavy atom. The van der Waals surface area contributed by atoms with Gasteiger partial charge in [0.25, 0.3) is 0 Å². The molecular formula is C14H21N5. The first kappa shape index (κ1) is 13.6. The maximum absolute atomic E-state index is 4.58. The molecule has 0 N–H and O–H groups in total. The highest BCUT2D eigenvalue weighted by atomic mass is 15.3. The van der Waals surface area contributed by atoms with E-state index in [2.05, 4.69) is 31.6 Å². The van der Waals surface area contributed by atoms with Crippen molar-refractivity contribution in [1.82, 2.24) is 14.9 Å². The highest BCUT2D eigenvalue weighted by Crippen LogP contribution is 2.14. The summed E-state index contributed by atoms with van der Waals surface area (Å²) < 4.78 is 0. The van der Waals surface area contributed by atoms with Crippen LogP contribution in [0.25, 0.3) is 0 Å². The fraction of sp³-hybridized carbons (Fsp3) is 0.571. The predicted octanol–water partition coefficient (Wildman–Crippen LogP) is 0.688. The molecule has 1 saturated heterocycles. The van der Waals surface area contributed by atoms with Crippen LogP contribution < -0.4 is 9.80 Å². The van der Waals surface area contributed by atoms with Gasteiger partial charge in [0, 0.05) is 46.5 Å².